The fraction of sp³-hybridized carbons (Fsp3) is 0.464. The molecule has 3 aliphatic rings. The van der Waals surface area contributed by atoms with Crippen molar-refractivity contribution in [2.45, 2.75) is 68.9 Å². The van der Waals surface area contributed by atoms with Gasteiger partial charge in [0.25, 0.3) is 0 Å². The summed E-state index contributed by atoms with van der Waals surface area (Å²) in [5, 5.41) is 15.5. The summed E-state index contributed by atoms with van der Waals surface area (Å²) in [5.74, 6) is -1.46. The number of carbonyl (C=O) groups excluding carboxylic acids is 2. The number of ether oxygens (including phenoxy) is 1. The van der Waals surface area contributed by atoms with Crippen LogP contribution < -0.4 is 10.6 Å². The molecular formula is C28H32N2O5. The number of aliphatic carboxylic acids is 1. The van der Waals surface area contributed by atoms with Crippen LogP contribution in [0.25, 0.3) is 11.1 Å². The Hall–Kier alpha value is -3.35. The molecule has 2 amide bonds. The molecule has 0 unspecified atom stereocenters. The van der Waals surface area contributed by atoms with Crippen LogP contribution in [0.5, 0.6) is 0 Å². The second-order valence-corrected chi connectivity index (χ2v) is 10.1. The zero-order chi connectivity index (χ0) is 24.4. The maximum Gasteiger partial charge on any atom is 0.407 e. The second kappa shape index (κ2) is 9.72. The predicted octanol–water partition coefficient (Wildman–Crippen LogP) is 4.60. The Kier molecular flexibility index (Phi) is 6.50. The lowest BCUT2D eigenvalue weighted by atomic mass is 9.81. The molecule has 0 heterocycles. The molecule has 35 heavy (non-hydrogen) atoms. The molecule has 2 fully saturated rings. The number of nitrogens with one attached hydrogen (secondary N) is 2. The molecule has 0 aromatic heterocycles. The zero-order valence-corrected chi connectivity index (χ0v) is 19.8. The van der Waals surface area contributed by atoms with E-state index in [9.17, 15) is 19.5 Å². The lowest BCUT2D eigenvalue weighted by Gasteiger charge is -2.34. The third-order valence-corrected chi connectivity index (χ3v) is 7.95. The summed E-state index contributed by atoms with van der Waals surface area (Å²) in [6.45, 7) is 0.248. The molecule has 3 aliphatic carbocycles. The first-order valence-corrected chi connectivity index (χ1v) is 12.6. The van der Waals surface area contributed by atoms with Gasteiger partial charge in [0.1, 0.15) is 12.1 Å². The maximum absolute atomic E-state index is 12.9. The van der Waals surface area contributed by atoms with Crippen LogP contribution in [0, 0.1) is 5.92 Å². The van der Waals surface area contributed by atoms with Gasteiger partial charge in [-0.05, 0) is 54.4 Å². The Morgan fingerprint density at radius 2 is 1.54 bits per heavy atom. The summed E-state index contributed by atoms with van der Waals surface area (Å²) in [6, 6.07) is 16.2. The monoisotopic (exact) mass is 476 g/mol. The van der Waals surface area contributed by atoms with Crippen LogP contribution in [0.15, 0.2) is 48.5 Å². The number of fused-ring (bicyclic) bond motifs is 3. The first kappa shape index (κ1) is 23.4. The van der Waals surface area contributed by atoms with Gasteiger partial charge in [-0.15, -0.1) is 0 Å². The number of carboxylic acid groups (broad SMARTS) is 1. The highest BCUT2D eigenvalue weighted by Gasteiger charge is 2.43. The van der Waals surface area contributed by atoms with Crippen molar-refractivity contribution in [1.82, 2.24) is 10.6 Å². The van der Waals surface area contributed by atoms with E-state index < -0.39 is 17.6 Å². The highest BCUT2D eigenvalue weighted by atomic mass is 16.5. The molecule has 2 aromatic rings. The quantitative estimate of drug-likeness (QED) is 0.565. The van der Waals surface area contributed by atoms with Gasteiger partial charge >= 0.3 is 12.1 Å². The number of hydrogen-bond acceptors (Lipinski definition) is 4. The van der Waals surface area contributed by atoms with E-state index >= 15 is 0 Å². The van der Waals surface area contributed by atoms with E-state index in [1.807, 2.05) is 24.3 Å². The SMILES string of the molecule is O=C(N[C@@H]1CC[C@H](C(=O)NC2(C(=O)O)CCCCC2)C1)OCC1c2ccccc2-c2ccccc21. The molecular weight excluding hydrogens is 444 g/mol. The Morgan fingerprint density at radius 3 is 2.17 bits per heavy atom. The molecule has 0 saturated heterocycles. The van der Waals surface area contributed by atoms with Crippen molar-refractivity contribution >= 4 is 18.0 Å². The van der Waals surface area contributed by atoms with Crippen molar-refractivity contribution in [2.24, 2.45) is 5.92 Å². The summed E-state index contributed by atoms with van der Waals surface area (Å²) in [4.78, 5) is 37.4. The highest BCUT2D eigenvalue weighted by molar-refractivity contribution is 5.88. The fourth-order valence-corrected chi connectivity index (χ4v) is 6.04. The first-order chi connectivity index (χ1) is 17.0. The lowest BCUT2D eigenvalue weighted by molar-refractivity contribution is -0.150. The molecule has 0 bridgehead atoms. The smallest absolute Gasteiger partial charge is 0.407 e. The summed E-state index contributed by atoms with van der Waals surface area (Å²) in [7, 11) is 0. The van der Waals surface area contributed by atoms with Gasteiger partial charge in [0.2, 0.25) is 5.91 Å². The molecule has 0 aliphatic heterocycles. The van der Waals surface area contributed by atoms with Gasteiger partial charge in [-0.2, -0.15) is 0 Å². The third kappa shape index (κ3) is 4.64. The van der Waals surface area contributed by atoms with Gasteiger partial charge in [0, 0.05) is 17.9 Å². The minimum absolute atomic E-state index is 0.00189. The summed E-state index contributed by atoms with van der Waals surface area (Å²) in [6.07, 6.45) is 4.87. The van der Waals surface area contributed by atoms with Crippen molar-refractivity contribution in [3.05, 3.63) is 59.7 Å². The third-order valence-electron chi connectivity index (χ3n) is 7.95. The number of carbonyl (C=O) groups is 3. The maximum atomic E-state index is 12.9. The number of amides is 2. The van der Waals surface area contributed by atoms with E-state index in [0.29, 0.717) is 32.1 Å². The van der Waals surface area contributed by atoms with Gasteiger partial charge in [-0.25, -0.2) is 9.59 Å². The van der Waals surface area contributed by atoms with Gasteiger partial charge in [-0.3, -0.25) is 4.79 Å². The normalized spacial score (nSPS) is 22.6. The van der Waals surface area contributed by atoms with Crippen LogP contribution in [0.4, 0.5) is 4.79 Å². The fourth-order valence-electron chi connectivity index (χ4n) is 6.04. The summed E-state index contributed by atoms with van der Waals surface area (Å²) in [5.41, 5.74) is 3.54. The van der Waals surface area contributed by atoms with Crippen molar-refractivity contribution in [3.63, 3.8) is 0 Å². The Morgan fingerprint density at radius 1 is 0.914 bits per heavy atom. The van der Waals surface area contributed by atoms with E-state index in [0.717, 1.165) is 30.4 Å². The second-order valence-electron chi connectivity index (χ2n) is 10.1. The van der Waals surface area contributed by atoms with E-state index in [4.69, 9.17) is 4.74 Å². The van der Waals surface area contributed by atoms with Crippen LogP contribution in [-0.2, 0) is 14.3 Å². The molecule has 7 nitrogen and oxygen atoms in total. The Labute approximate surface area is 205 Å². The molecule has 2 atom stereocenters. The van der Waals surface area contributed by atoms with E-state index in [-0.39, 0.29) is 30.4 Å². The molecule has 0 spiro atoms. The lowest BCUT2D eigenvalue weighted by Crippen LogP contribution is -2.56. The van der Waals surface area contributed by atoms with Crippen molar-refractivity contribution in [2.75, 3.05) is 6.61 Å². The average Bonchev–Trinajstić information content (AvgIpc) is 3.46. The van der Waals surface area contributed by atoms with E-state index in [1.165, 1.54) is 11.1 Å². The van der Waals surface area contributed by atoms with Gasteiger partial charge in [0.05, 0.1) is 0 Å². The number of rotatable bonds is 6. The average molecular weight is 477 g/mol. The summed E-state index contributed by atoms with van der Waals surface area (Å²) >= 11 is 0. The van der Waals surface area contributed by atoms with Gasteiger partial charge < -0.3 is 20.5 Å². The van der Waals surface area contributed by atoms with Crippen LogP contribution in [0.2, 0.25) is 0 Å². The predicted molar refractivity (Wildman–Crippen MR) is 131 cm³/mol. The topological polar surface area (TPSA) is 105 Å². The number of alkyl carbamates (subject to hydrolysis) is 1. The molecule has 2 saturated carbocycles. The number of carboxylic acids is 1. The van der Waals surface area contributed by atoms with Crippen molar-refractivity contribution in [1.29, 1.82) is 0 Å². The molecule has 5 rings (SSSR count). The molecule has 0 radical (unpaired) electrons. The molecule has 184 valence electrons. The molecule has 2 aromatic carbocycles. The van der Waals surface area contributed by atoms with Crippen LogP contribution in [0.1, 0.15) is 68.4 Å². The molecule has 7 heteroatoms. The molecule has 3 N–H and O–H groups in total. The zero-order valence-electron chi connectivity index (χ0n) is 19.8. The van der Waals surface area contributed by atoms with Crippen LogP contribution in [0.3, 0.4) is 0 Å². The number of benzene rings is 2. The summed E-state index contributed by atoms with van der Waals surface area (Å²) < 4.78 is 5.64. The van der Waals surface area contributed by atoms with Crippen LogP contribution in [-0.4, -0.2) is 41.3 Å². The van der Waals surface area contributed by atoms with Crippen molar-refractivity contribution < 1.29 is 24.2 Å². The standard InChI is InChI=1S/C28H32N2O5/c31-25(30-28(26(32)33)14-6-1-7-15-28)18-12-13-19(16-18)29-27(34)35-17-24-22-10-4-2-8-20(22)21-9-3-5-11-23(21)24/h2-5,8-11,18-19,24H,1,6-7,12-17H2,(H,29,34)(H,30,31)(H,32,33)/t18-,19+/m0/s1. The van der Waals surface area contributed by atoms with Crippen molar-refractivity contribution in [3.8, 4) is 11.1 Å². The van der Waals surface area contributed by atoms with E-state index in [1.54, 1.807) is 0 Å². The first-order valence-electron chi connectivity index (χ1n) is 12.6. The Balaban J connectivity index is 1.14. The largest absolute Gasteiger partial charge is 0.480 e. The van der Waals surface area contributed by atoms with E-state index in [2.05, 4.69) is 34.9 Å². The number of hydrogen-bond donors (Lipinski definition) is 3. The highest BCUT2D eigenvalue weighted by Crippen LogP contribution is 2.44. The van der Waals surface area contributed by atoms with Gasteiger partial charge in [0.15, 0.2) is 0 Å². The minimum atomic E-state index is -1.15. The van der Waals surface area contributed by atoms with Gasteiger partial charge in [-0.1, -0.05) is 67.8 Å². The minimum Gasteiger partial charge on any atom is -0.480 e. The Bertz CT molecular complexity index is 1080. The van der Waals surface area contributed by atoms with Crippen LogP contribution >= 0.6 is 0 Å².